The molecule has 6 nitrogen and oxygen atoms in total. The number of benzene rings is 1. The molecule has 0 unspecified atom stereocenters. The van der Waals surface area contributed by atoms with E-state index in [0.717, 1.165) is 5.39 Å². The topological polar surface area (TPSA) is 78.6 Å². The second-order valence-electron chi connectivity index (χ2n) is 5.08. The molecule has 0 atom stereocenters. The van der Waals surface area contributed by atoms with E-state index >= 15 is 0 Å². The maximum absolute atomic E-state index is 12.1. The number of aryl methyl sites for hydroxylation is 1. The summed E-state index contributed by atoms with van der Waals surface area (Å²) in [4.78, 5) is 28.3. The molecule has 0 amide bonds. The minimum absolute atomic E-state index is 0. The Bertz CT molecular complexity index is 932. The molecule has 0 aliphatic carbocycles. The van der Waals surface area contributed by atoms with Gasteiger partial charge in [0.2, 0.25) is 0 Å². The van der Waals surface area contributed by atoms with Gasteiger partial charge in [-0.25, -0.2) is 9.78 Å². The fourth-order valence-corrected chi connectivity index (χ4v) is 2.63. The number of aromatic nitrogens is 1. The molecule has 0 bridgehead atoms. The summed E-state index contributed by atoms with van der Waals surface area (Å²) >= 11 is 0. The Morgan fingerprint density at radius 3 is 2.54 bits per heavy atom. The van der Waals surface area contributed by atoms with E-state index in [4.69, 9.17) is 9.15 Å². The van der Waals surface area contributed by atoms with Gasteiger partial charge in [0.05, 0.1) is 31.9 Å². The van der Waals surface area contributed by atoms with Gasteiger partial charge in [-0.3, -0.25) is 4.79 Å². The molecule has 2 heterocycles. The van der Waals surface area contributed by atoms with Crippen LogP contribution in [0.5, 0.6) is 0 Å². The summed E-state index contributed by atoms with van der Waals surface area (Å²) in [6.07, 6.45) is -0.114. The van der Waals surface area contributed by atoms with Gasteiger partial charge in [0.25, 0.3) is 0 Å². The number of carbonyl (C=O) groups excluding carboxylic acids is 2. The molecule has 126 valence electrons. The predicted molar refractivity (Wildman–Crippen MR) is 90.6 cm³/mol. The number of methoxy groups -OCH3 is 2. The standard InChI is InChI=1S/C17H15NO5.ClH/c1-9-14(17(20)22-3)11(8-13(19)21-2)18-15-10-6-4-5-7-12(10)23-16(9)15;/h4-7H,8H2,1-3H3;1H. The van der Waals surface area contributed by atoms with E-state index in [1.165, 1.54) is 14.2 Å². The lowest BCUT2D eigenvalue weighted by Gasteiger charge is -2.10. The van der Waals surface area contributed by atoms with Crippen LogP contribution < -0.4 is 0 Å². The molecule has 24 heavy (non-hydrogen) atoms. The number of para-hydroxylation sites is 1. The lowest BCUT2D eigenvalue weighted by atomic mass is 10.0. The number of ether oxygens (including phenoxy) is 2. The number of furan rings is 1. The number of esters is 2. The molecule has 0 saturated carbocycles. The van der Waals surface area contributed by atoms with E-state index in [1.54, 1.807) is 6.92 Å². The summed E-state index contributed by atoms with van der Waals surface area (Å²) in [6.45, 7) is 1.75. The zero-order chi connectivity index (χ0) is 16.6. The third kappa shape index (κ3) is 2.80. The Hall–Kier alpha value is -2.60. The second kappa shape index (κ2) is 6.88. The average molecular weight is 350 g/mol. The van der Waals surface area contributed by atoms with E-state index in [-0.39, 0.29) is 24.4 Å². The Labute approximate surface area is 144 Å². The first-order chi connectivity index (χ1) is 11.1. The molecule has 0 aliphatic heterocycles. The Kier molecular flexibility index (Phi) is 5.09. The molecule has 0 N–H and O–H groups in total. The van der Waals surface area contributed by atoms with Crippen molar-refractivity contribution in [2.24, 2.45) is 0 Å². The number of halogens is 1. The number of carbonyl (C=O) groups is 2. The van der Waals surface area contributed by atoms with Crippen LogP contribution in [0.1, 0.15) is 21.6 Å². The van der Waals surface area contributed by atoms with Crippen molar-refractivity contribution in [2.45, 2.75) is 13.3 Å². The van der Waals surface area contributed by atoms with Crippen molar-refractivity contribution in [2.75, 3.05) is 14.2 Å². The van der Waals surface area contributed by atoms with Gasteiger partial charge in [0.15, 0.2) is 5.58 Å². The lowest BCUT2D eigenvalue weighted by Crippen LogP contribution is -2.15. The van der Waals surface area contributed by atoms with Crippen LogP contribution in [0.15, 0.2) is 28.7 Å². The van der Waals surface area contributed by atoms with Crippen molar-refractivity contribution >= 4 is 46.4 Å². The highest BCUT2D eigenvalue weighted by Gasteiger charge is 2.24. The van der Waals surface area contributed by atoms with Gasteiger partial charge in [0, 0.05) is 10.9 Å². The highest BCUT2D eigenvalue weighted by Crippen LogP contribution is 2.32. The molecule has 0 saturated heterocycles. The summed E-state index contributed by atoms with van der Waals surface area (Å²) in [7, 11) is 2.57. The maximum Gasteiger partial charge on any atom is 0.340 e. The molecule has 0 fully saturated rings. The van der Waals surface area contributed by atoms with Crippen LogP contribution in [0.3, 0.4) is 0 Å². The average Bonchev–Trinajstić information content (AvgIpc) is 2.93. The fraction of sp³-hybridized carbons (Fsp3) is 0.235. The highest BCUT2D eigenvalue weighted by atomic mass is 35.5. The summed E-state index contributed by atoms with van der Waals surface area (Å²) < 4.78 is 15.3. The quantitative estimate of drug-likeness (QED) is 0.675. The molecule has 2 aromatic heterocycles. The summed E-state index contributed by atoms with van der Waals surface area (Å²) in [6, 6.07) is 7.45. The normalized spacial score (nSPS) is 10.5. The summed E-state index contributed by atoms with van der Waals surface area (Å²) in [5, 5.41) is 0.827. The predicted octanol–water partition coefficient (Wildman–Crippen LogP) is 3.21. The van der Waals surface area contributed by atoms with Gasteiger partial charge >= 0.3 is 11.9 Å². The van der Waals surface area contributed by atoms with Crippen molar-refractivity contribution in [3.63, 3.8) is 0 Å². The third-order valence-corrected chi connectivity index (χ3v) is 3.75. The second-order valence-corrected chi connectivity index (χ2v) is 5.08. The van der Waals surface area contributed by atoms with Gasteiger partial charge in [-0.05, 0) is 19.1 Å². The number of nitrogens with zero attached hydrogens (tertiary/aromatic N) is 1. The largest absolute Gasteiger partial charge is 0.469 e. The molecule has 0 spiro atoms. The van der Waals surface area contributed by atoms with Gasteiger partial charge in [-0.15, -0.1) is 12.4 Å². The Morgan fingerprint density at radius 1 is 1.17 bits per heavy atom. The van der Waals surface area contributed by atoms with Crippen LogP contribution in [0.2, 0.25) is 0 Å². The smallest absolute Gasteiger partial charge is 0.340 e. The van der Waals surface area contributed by atoms with Crippen molar-refractivity contribution in [1.82, 2.24) is 4.98 Å². The van der Waals surface area contributed by atoms with Crippen molar-refractivity contribution in [1.29, 1.82) is 0 Å². The van der Waals surface area contributed by atoms with Crippen LogP contribution in [0, 0.1) is 6.92 Å². The Morgan fingerprint density at radius 2 is 1.88 bits per heavy atom. The summed E-state index contributed by atoms with van der Waals surface area (Å²) in [5.74, 6) is -1.04. The van der Waals surface area contributed by atoms with Gasteiger partial charge in [-0.2, -0.15) is 0 Å². The minimum Gasteiger partial charge on any atom is -0.469 e. The van der Waals surface area contributed by atoms with Gasteiger partial charge in [0.1, 0.15) is 11.1 Å². The van der Waals surface area contributed by atoms with Crippen LogP contribution in [0.4, 0.5) is 0 Å². The first-order valence-electron chi connectivity index (χ1n) is 7.02. The zero-order valence-corrected chi connectivity index (χ0v) is 14.2. The van der Waals surface area contributed by atoms with Crippen LogP contribution in [-0.2, 0) is 20.7 Å². The molecular formula is C17H16ClNO5. The van der Waals surface area contributed by atoms with E-state index in [0.29, 0.717) is 27.9 Å². The molecular weight excluding hydrogens is 334 g/mol. The van der Waals surface area contributed by atoms with E-state index < -0.39 is 11.9 Å². The van der Waals surface area contributed by atoms with E-state index in [9.17, 15) is 9.59 Å². The SMILES string of the molecule is COC(=O)Cc1nc2c(oc3ccccc32)c(C)c1C(=O)OC.Cl. The van der Waals surface area contributed by atoms with Crippen molar-refractivity contribution in [3.05, 3.63) is 41.1 Å². The first-order valence-corrected chi connectivity index (χ1v) is 7.02. The van der Waals surface area contributed by atoms with Gasteiger partial charge < -0.3 is 13.9 Å². The third-order valence-electron chi connectivity index (χ3n) is 3.75. The van der Waals surface area contributed by atoms with Crippen LogP contribution >= 0.6 is 12.4 Å². The monoisotopic (exact) mass is 349 g/mol. The van der Waals surface area contributed by atoms with Crippen molar-refractivity contribution < 1.29 is 23.5 Å². The maximum atomic E-state index is 12.1. The number of fused-ring (bicyclic) bond motifs is 3. The number of hydrogen-bond donors (Lipinski definition) is 0. The van der Waals surface area contributed by atoms with E-state index in [1.807, 2.05) is 24.3 Å². The van der Waals surface area contributed by atoms with Crippen molar-refractivity contribution in [3.8, 4) is 0 Å². The molecule has 0 aliphatic rings. The molecule has 7 heteroatoms. The Balaban J connectivity index is 0.00000208. The van der Waals surface area contributed by atoms with E-state index in [2.05, 4.69) is 9.72 Å². The molecule has 0 radical (unpaired) electrons. The van der Waals surface area contributed by atoms with Crippen LogP contribution in [-0.4, -0.2) is 31.1 Å². The number of rotatable bonds is 3. The number of pyridine rings is 1. The zero-order valence-electron chi connectivity index (χ0n) is 13.4. The molecule has 3 aromatic rings. The first kappa shape index (κ1) is 17.7. The van der Waals surface area contributed by atoms with Crippen LogP contribution in [0.25, 0.3) is 22.1 Å². The lowest BCUT2D eigenvalue weighted by molar-refractivity contribution is -0.139. The van der Waals surface area contributed by atoms with Gasteiger partial charge in [-0.1, -0.05) is 12.1 Å². The molecule has 3 rings (SSSR count). The summed E-state index contributed by atoms with van der Waals surface area (Å²) in [5.41, 5.74) is 2.95. The molecule has 1 aromatic carbocycles. The minimum atomic E-state index is -0.559. The fourth-order valence-electron chi connectivity index (χ4n) is 2.63. The highest BCUT2D eigenvalue weighted by molar-refractivity contribution is 6.07. The number of hydrogen-bond acceptors (Lipinski definition) is 6.